The highest BCUT2D eigenvalue weighted by molar-refractivity contribution is 5.76. The molecule has 0 bridgehead atoms. The van der Waals surface area contributed by atoms with Crippen LogP contribution in [0.2, 0.25) is 0 Å². The lowest BCUT2D eigenvalue weighted by Crippen LogP contribution is -2.53. The zero-order chi connectivity index (χ0) is 15.3. The SMILES string of the molecule is CCC(CO)N1CCN(C(=O)CC(C)C(C)(C)C)CC1. The number of nitrogens with zero attached hydrogens (tertiary/aromatic N) is 2. The van der Waals surface area contributed by atoms with Gasteiger partial charge in [0.05, 0.1) is 6.61 Å². The van der Waals surface area contributed by atoms with E-state index in [0.29, 0.717) is 12.3 Å². The van der Waals surface area contributed by atoms with Crippen molar-refractivity contribution in [1.82, 2.24) is 9.80 Å². The first-order chi connectivity index (χ1) is 9.29. The number of carbonyl (C=O) groups is 1. The van der Waals surface area contributed by atoms with Crippen molar-refractivity contribution < 1.29 is 9.90 Å². The average Bonchev–Trinajstić information content (AvgIpc) is 2.39. The summed E-state index contributed by atoms with van der Waals surface area (Å²) in [4.78, 5) is 16.6. The molecule has 0 spiro atoms. The van der Waals surface area contributed by atoms with Gasteiger partial charge in [0, 0.05) is 38.6 Å². The van der Waals surface area contributed by atoms with Gasteiger partial charge >= 0.3 is 0 Å². The molecule has 1 amide bonds. The van der Waals surface area contributed by atoms with Crippen LogP contribution >= 0.6 is 0 Å². The Morgan fingerprint density at radius 2 is 1.75 bits per heavy atom. The van der Waals surface area contributed by atoms with E-state index < -0.39 is 0 Å². The van der Waals surface area contributed by atoms with Crippen LogP contribution in [0.25, 0.3) is 0 Å². The minimum Gasteiger partial charge on any atom is -0.395 e. The quantitative estimate of drug-likeness (QED) is 0.839. The zero-order valence-electron chi connectivity index (χ0n) is 13.9. The molecule has 4 heteroatoms. The molecule has 1 saturated heterocycles. The molecule has 118 valence electrons. The first kappa shape index (κ1) is 17.4. The van der Waals surface area contributed by atoms with E-state index in [1.54, 1.807) is 0 Å². The average molecular weight is 284 g/mol. The highest BCUT2D eigenvalue weighted by Crippen LogP contribution is 2.28. The third-order valence-electron chi connectivity index (χ3n) is 4.82. The van der Waals surface area contributed by atoms with Crippen molar-refractivity contribution in [2.45, 2.75) is 53.5 Å². The molecule has 1 fully saturated rings. The summed E-state index contributed by atoms with van der Waals surface area (Å²) in [5.41, 5.74) is 0.182. The number of carbonyl (C=O) groups excluding carboxylic acids is 1. The molecule has 0 aromatic carbocycles. The Hall–Kier alpha value is -0.610. The molecule has 1 aliphatic heterocycles. The third-order valence-corrected chi connectivity index (χ3v) is 4.82. The Bertz CT molecular complexity index is 300. The first-order valence-corrected chi connectivity index (χ1v) is 7.92. The topological polar surface area (TPSA) is 43.8 Å². The predicted molar refractivity (Wildman–Crippen MR) is 82.6 cm³/mol. The van der Waals surface area contributed by atoms with Crippen LogP contribution in [0.5, 0.6) is 0 Å². The molecular formula is C16H32N2O2. The summed E-state index contributed by atoms with van der Waals surface area (Å²) < 4.78 is 0. The van der Waals surface area contributed by atoms with E-state index in [0.717, 1.165) is 32.6 Å². The van der Waals surface area contributed by atoms with Crippen LogP contribution in [0.15, 0.2) is 0 Å². The number of amides is 1. The molecule has 1 N–H and O–H groups in total. The molecule has 2 unspecified atom stereocenters. The lowest BCUT2D eigenvalue weighted by Gasteiger charge is -2.39. The molecule has 20 heavy (non-hydrogen) atoms. The lowest BCUT2D eigenvalue weighted by molar-refractivity contribution is -0.135. The van der Waals surface area contributed by atoms with Gasteiger partial charge in [-0.1, -0.05) is 34.6 Å². The van der Waals surface area contributed by atoms with Gasteiger partial charge in [0.25, 0.3) is 0 Å². The molecule has 0 saturated carbocycles. The maximum Gasteiger partial charge on any atom is 0.222 e. The number of aliphatic hydroxyl groups excluding tert-OH is 1. The van der Waals surface area contributed by atoms with Crippen LogP contribution in [0.3, 0.4) is 0 Å². The van der Waals surface area contributed by atoms with Gasteiger partial charge < -0.3 is 10.0 Å². The Balaban J connectivity index is 2.43. The van der Waals surface area contributed by atoms with Crippen LogP contribution in [0.4, 0.5) is 0 Å². The van der Waals surface area contributed by atoms with Gasteiger partial charge in [0.2, 0.25) is 5.91 Å². The molecule has 0 aliphatic carbocycles. The fourth-order valence-electron chi connectivity index (χ4n) is 2.54. The maximum absolute atomic E-state index is 12.3. The van der Waals surface area contributed by atoms with Crippen LogP contribution in [-0.4, -0.2) is 59.6 Å². The smallest absolute Gasteiger partial charge is 0.222 e. The van der Waals surface area contributed by atoms with E-state index in [9.17, 15) is 9.90 Å². The fraction of sp³-hybridized carbons (Fsp3) is 0.938. The minimum absolute atomic E-state index is 0.182. The van der Waals surface area contributed by atoms with Gasteiger partial charge in [-0.2, -0.15) is 0 Å². The second-order valence-electron chi connectivity index (χ2n) is 7.13. The molecule has 0 aromatic rings. The largest absolute Gasteiger partial charge is 0.395 e. The molecule has 1 heterocycles. The highest BCUT2D eigenvalue weighted by Gasteiger charge is 2.28. The second kappa shape index (κ2) is 7.41. The van der Waals surface area contributed by atoms with E-state index in [4.69, 9.17) is 0 Å². The van der Waals surface area contributed by atoms with Crippen LogP contribution in [-0.2, 0) is 4.79 Å². The van der Waals surface area contributed by atoms with E-state index in [2.05, 4.69) is 39.5 Å². The van der Waals surface area contributed by atoms with E-state index in [1.165, 1.54) is 0 Å². The van der Waals surface area contributed by atoms with E-state index in [1.807, 2.05) is 4.90 Å². The number of hydrogen-bond acceptors (Lipinski definition) is 3. The van der Waals surface area contributed by atoms with E-state index in [-0.39, 0.29) is 24.0 Å². The van der Waals surface area contributed by atoms with Gasteiger partial charge in [-0.3, -0.25) is 9.69 Å². The summed E-state index contributed by atoms with van der Waals surface area (Å²) in [5.74, 6) is 0.679. The first-order valence-electron chi connectivity index (χ1n) is 7.92. The Morgan fingerprint density at radius 3 is 2.15 bits per heavy atom. The van der Waals surface area contributed by atoms with Crippen molar-refractivity contribution in [3.8, 4) is 0 Å². The monoisotopic (exact) mass is 284 g/mol. The molecule has 2 atom stereocenters. The molecule has 4 nitrogen and oxygen atoms in total. The van der Waals surface area contributed by atoms with Crippen LogP contribution in [0, 0.1) is 11.3 Å². The van der Waals surface area contributed by atoms with Crippen molar-refractivity contribution >= 4 is 5.91 Å². The molecule has 1 rings (SSSR count). The molecule has 0 aromatic heterocycles. The van der Waals surface area contributed by atoms with E-state index >= 15 is 0 Å². The van der Waals surface area contributed by atoms with Crippen molar-refractivity contribution in [2.75, 3.05) is 32.8 Å². The Kier molecular flexibility index (Phi) is 6.46. The van der Waals surface area contributed by atoms with Gasteiger partial charge in [0.15, 0.2) is 0 Å². The highest BCUT2D eigenvalue weighted by atomic mass is 16.3. The van der Waals surface area contributed by atoms with Crippen molar-refractivity contribution in [3.05, 3.63) is 0 Å². The van der Waals surface area contributed by atoms with Crippen molar-refractivity contribution in [3.63, 3.8) is 0 Å². The second-order valence-corrected chi connectivity index (χ2v) is 7.13. The standard InChI is InChI=1S/C16H32N2O2/c1-6-14(12-19)17-7-9-18(10-8-17)15(20)11-13(2)16(3,4)5/h13-14,19H,6-12H2,1-5H3. The number of hydrogen-bond donors (Lipinski definition) is 1. The lowest BCUT2D eigenvalue weighted by atomic mass is 9.80. The van der Waals surface area contributed by atoms with Crippen LogP contribution in [0.1, 0.15) is 47.5 Å². The Morgan fingerprint density at radius 1 is 1.20 bits per heavy atom. The summed E-state index contributed by atoms with van der Waals surface area (Å²) >= 11 is 0. The predicted octanol–water partition coefficient (Wildman–Crippen LogP) is 1.97. The number of aliphatic hydroxyl groups is 1. The zero-order valence-corrected chi connectivity index (χ0v) is 13.9. The summed E-state index contributed by atoms with van der Waals surface area (Å²) in [6.45, 7) is 14.4. The van der Waals surface area contributed by atoms with Gasteiger partial charge in [-0.25, -0.2) is 0 Å². The molecular weight excluding hydrogens is 252 g/mol. The maximum atomic E-state index is 12.3. The van der Waals surface area contributed by atoms with Crippen molar-refractivity contribution in [1.29, 1.82) is 0 Å². The van der Waals surface area contributed by atoms with Gasteiger partial charge in [0.1, 0.15) is 0 Å². The summed E-state index contributed by atoms with van der Waals surface area (Å²) in [6.07, 6.45) is 1.60. The molecule has 0 radical (unpaired) electrons. The number of rotatable bonds is 5. The fourth-order valence-corrected chi connectivity index (χ4v) is 2.54. The number of piperazine rings is 1. The summed E-state index contributed by atoms with van der Waals surface area (Å²) in [7, 11) is 0. The molecule has 1 aliphatic rings. The minimum atomic E-state index is 0.182. The van der Waals surface area contributed by atoms with Gasteiger partial charge in [-0.15, -0.1) is 0 Å². The van der Waals surface area contributed by atoms with Crippen LogP contribution < -0.4 is 0 Å². The normalized spacial score (nSPS) is 20.8. The van der Waals surface area contributed by atoms with Crippen molar-refractivity contribution in [2.24, 2.45) is 11.3 Å². The summed E-state index contributed by atoms with van der Waals surface area (Å²) in [5, 5.41) is 9.34. The van der Waals surface area contributed by atoms with Gasteiger partial charge in [-0.05, 0) is 17.8 Å². The third kappa shape index (κ3) is 4.74. The Labute approximate surface area is 124 Å². The summed E-state index contributed by atoms with van der Waals surface area (Å²) in [6, 6.07) is 0.251.